The number of alkyl halides is 3. The topological polar surface area (TPSA) is 80.5 Å². The van der Waals surface area contributed by atoms with Gasteiger partial charge in [0, 0.05) is 29.6 Å². The molecule has 1 aromatic carbocycles. The van der Waals surface area contributed by atoms with Crippen molar-refractivity contribution in [3.8, 4) is 22.6 Å². The van der Waals surface area contributed by atoms with Crippen molar-refractivity contribution in [2.45, 2.75) is 18.4 Å². The third-order valence-electron chi connectivity index (χ3n) is 4.31. The molecule has 0 bridgehead atoms. The van der Waals surface area contributed by atoms with Crippen molar-refractivity contribution in [2.75, 3.05) is 0 Å². The minimum atomic E-state index is -4.96. The van der Waals surface area contributed by atoms with Crippen LogP contribution in [-0.4, -0.2) is 37.7 Å². The standard InChI is InChI=1S/C19H12F4N4O2/c20-16-9-13(5-7-24-16)14-6-8-25-17(26-14)12-3-1-11(2-4-12)15-10-18(28,29-27-15)19(21,22)23/h1-9,28H,10H2. The van der Waals surface area contributed by atoms with Crippen LogP contribution in [0.1, 0.15) is 12.0 Å². The van der Waals surface area contributed by atoms with Crippen molar-refractivity contribution < 1.29 is 27.5 Å². The molecule has 0 aliphatic carbocycles. The Morgan fingerprint density at radius 1 is 0.931 bits per heavy atom. The van der Waals surface area contributed by atoms with Crippen LogP contribution >= 0.6 is 0 Å². The summed E-state index contributed by atoms with van der Waals surface area (Å²) >= 11 is 0. The molecule has 3 aromatic rings. The molecular formula is C19H12F4N4O2. The number of nitrogens with zero attached hydrogens (tertiary/aromatic N) is 4. The smallest absolute Gasteiger partial charge is 0.350 e. The highest BCUT2D eigenvalue weighted by Gasteiger charge is 2.60. The average molecular weight is 404 g/mol. The number of halogens is 4. The highest BCUT2D eigenvalue weighted by Crippen LogP contribution is 2.39. The molecule has 29 heavy (non-hydrogen) atoms. The zero-order valence-corrected chi connectivity index (χ0v) is 14.6. The van der Waals surface area contributed by atoms with Crippen molar-refractivity contribution in [1.82, 2.24) is 15.0 Å². The molecule has 0 saturated heterocycles. The molecular weight excluding hydrogens is 392 g/mol. The third-order valence-corrected chi connectivity index (χ3v) is 4.31. The zero-order valence-electron chi connectivity index (χ0n) is 14.6. The fourth-order valence-corrected chi connectivity index (χ4v) is 2.76. The van der Waals surface area contributed by atoms with Crippen LogP contribution in [0.5, 0.6) is 0 Å². The van der Waals surface area contributed by atoms with Crippen molar-refractivity contribution in [2.24, 2.45) is 5.16 Å². The van der Waals surface area contributed by atoms with E-state index in [1.54, 1.807) is 24.3 Å². The molecule has 0 amide bonds. The number of pyridine rings is 1. The van der Waals surface area contributed by atoms with Gasteiger partial charge >= 0.3 is 12.0 Å². The van der Waals surface area contributed by atoms with Crippen molar-refractivity contribution in [1.29, 1.82) is 0 Å². The normalized spacial score (nSPS) is 19.0. The van der Waals surface area contributed by atoms with Crippen LogP contribution in [0.4, 0.5) is 17.6 Å². The largest absolute Gasteiger partial charge is 0.458 e. The SMILES string of the molecule is OC1(C(F)(F)F)CC(c2ccc(-c3nccc(-c4ccnc(F)c4)n3)cc2)=NO1. The third kappa shape index (κ3) is 3.66. The molecule has 1 atom stereocenters. The number of rotatable bonds is 3. The number of aliphatic hydroxyl groups is 1. The first-order chi connectivity index (χ1) is 13.7. The van der Waals surface area contributed by atoms with Crippen molar-refractivity contribution in [3.05, 3.63) is 66.4 Å². The van der Waals surface area contributed by atoms with E-state index < -0.39 is 24.3 Å². The van der Waals surface area contributed by atoms with Gasteiger partial charge in [-0.15, -0.1) is 0 Å². The van der Waals surface area contributed by atoms with Gasteiger partial charge in [-0.1, -0.05) is 29.4 Å². The lowest BCUT2D eigenvalue weighted by Gasteiger charge is -2.22. The molecule has 0 fully saturated rings. The predicted molar refractivity (Wildman–Crippen MR) is 93.9 cm³/mol. The Bertz CT molecular complexity index is 1090. The van der Waals surface area contributed by atoms with Gasteiger partial charge in [0.05, 0.1) is 17.8 Å². The maximum absolute atomic E-state index is 13.3. The molecule has 6 nitrogen and oxygen atoms in total. The summed E-state index contributed by atoms with van der Waals surface area (Å²) in [6, 6.07) is 10.7. The van der Waals surface area contributed by atoms with E-state index in [-0.39, 0.29) is 5.71 Å². The summed E-state index contributed by atoms with van der Waals surface area (Å²) in [5, 5.41) is 12.9. The first-order valence-corrected chi connectivity index (χ1v) is 8.35. The second-order valence-electron chi connectivity index (χ2n) is 6.30. The van der Waals surface area contributed by atoms with Crippen molar-refractivity contribution in [3.63, 3.8) is 0 Å². The molecule has 10 heteroatoms. The highest BCUT2D eigenvalue weighted by atomic mass is 19.4. The van der Waals surface area contributed by atoms with Gasteiger partial charge < -0.3 is 9.94 Å². The molecule has 3 heterocycles. The van der Waals surface area contributed by atoms with E-state index in [0.29, 0.717) is 28.2 Å². The molecule has 1 aliphatic rings. The lowest BCUT2D eigenvalue weighted by molar-refractivity contribution is -0.355. The van der Waals surface area contributed by atoms with Gasteiger partial charge in [0.15, 0.2) is 5.82 Å². The van der Waals surface area contributed by atoms with E-state index in [1.165, 1.54) is 30.6 Å². The Balaban J connectivity index is 1.57. The first kappa shape index (κ1) is 18.9. The van der Waals surface area contributed by atoms with E-state index in [2.05, 4.69) is 24.9 Å². The van der Waals surface area contributed by atoms with Crippen LogP contribution in [0.15, 0.2) is 60.0 Å². The van der Waals surface area contributed by atoms with Crippen LogP contribution in [0.25, 0.3) is 22.6 Å². The minimum absolute atomic E-state index is 0.0293. The van der Waals surface area contributed by atoms with Crippen LogP contribution in [0.2, 0.25) is 0 Å². The summed E-state index contributed by atoms with van der Waals surface area (Å²) < 4.78 is 51.8. The molecule has 148 valence electrons. The second-order valence-corrected chi connectivity index (χ2v) is 6.30. The fourth-order valence-electron chi connectivity index (χ4n) is 2.76. The van der Waals surface area contributed by atoms with E-state index in [1.807, 2.05) is 0 Å². The Kier molecular flexibility index (Phi) is 4.50. The van der Waals surface area contributed by atoms with Gasteiger partial charge in [-0.2, -0.15) is 17.6 Å². The maximum atomic E-state index is 13.3. The molecule has 4 rings (SSSR count). The minimum Gasteiger partial charge on any atom is -0.350 e. The Morgan fingerprint density at radius 2 is 1.62 bits per heavy atom. The predicted octanol–water partition coefficient (Wildman–Crippen LogP) is 3.72. The monoisotopic (exact) mass is 404 g/mol. The zero-order chi connectivity index (χ0) is 20.6. The Labute approximate surface area is 161 Å². The van der Waals surface area contributed by atoms with Crippen LogP contribution < -0.4 is 0 Å². The van der Waals surface area contributed by atoms with E-state index in [4.69, 9.17) is 0 Å². The average Bonchev–Trinajstić information content (AvgIpc) is 3.12. The Hall–Kier alpha value is -3.40. The second kappa shape index (κ2) is 6.89. The molecule has 0 radical (unpaired) electrons. The highest BCUT2D eigenvalue weighted by molar-refractivity contribution is 6.01. The van der Waals surface area contributed by atoms with E-state index in [9.17, 15) is 22.7 Å². The van der Waals surface area contributed by atoms with Gasteiger partial charge in [0.25, 0.3) is 0 Å². The number of aromatic nitrogens is 3. The molecule has 1 unspecified atom stereocenters. The molecule has 0 spiro atoms. The van der Waals surface area contributed by atoms with Gasteiger partial charge in [-0.25, -0.2) is 15.0 Å². The number of hydrogen-bond donors (Lipinski definition) is 1. The lowest BCUT2D eigenvalue weighted by Crippen LogP contribution is -2.45. The summed E-state index contributed by atoms with van der Waals surface area (Å²) in [7, 11) is 0. The van der Waals surface area contributed by atoms with Gasteiger partial charge in [-0.3, -0.25) is 0 Å². The van der Waals surface area contributed by atoms with Crippen LogP contribution in [-0.2, 0) is 4.84 Å². The van der Waals surface area contributed by atoms with Gasteiger partial charge in [0.1, 0.15) is 0 Å². The fraction of sp³-hybridized carbons (Fsp3) is 0.158. The first-order valence-electron chi connectivity index (χ1n) is 8.35. The summed E-state index contributed by atoms with van der Waals surface area (Å²) in [6.45, 7) is 0. The number of hydrogen-bond acceptors (Lipinski definition) is 6. The number of benzene rings is 1. The molecule has 2 aromatic heterocycles. The maximum Gasteiger partial charge on any atom is 0.458 e. The van der Waals surface area contributed by atoms with Gasteiger partial charge in [-0.05, 0) is 17.7 Å². The number of oxime groups is 1. The molecule has 1 aliphatic heterocycles. The van der Waals surface area contributed by atoms with Crippen LogP contribution in [0.3, 0.4) is 0 Å². The summed E-state index contributed by atoms with van der Waals surface area (Å²) in [5.74, 6) is -3.61. The van der Waals surface area contributed by atoms with Gasteiger partial charge in [0.2, 0.25) is 5.95 Å². The van der Waals surface area contributed by atoms with Crippen molar-refractivity contribution >= 4 is 5.71 Å². The summed E-state index contributed by atoms with van der Waals surface area (Å²) in [5.41, 5.74) is 1.95. The van der Waals surface area contributed by atoms with E-state index in [0.717, 1.165) is 0 Å². The lowest BCUT2D eigenvalue weighted by atomic mass is 10.0. The summed E-state index contributed by atoms with van der Waals surface area (Å²) in [6.07, 6.45) is -2.93. The summed E-state index contributed by atoms with van der Waals surface area (Å²) in [4.78, 5) is 16.3. The Morgan fingerprint density at radius 3 is 2.28 bits per heavy atom. The quantitative estimate of drug-likeness (QED) is 0.532. The molecule has 1 N–H and O–H groups in total. The van der Waals surface area contributed by atoms with E-state index >= 15 is 0 Å². The van der Waals surface area contributed by atoms with Crippen LogP contribution in [0, 0.1) is 5.95 Å². The molecule has 0 saturated carbocycles.